The molecule has 6 aliphatic rings. The van der Waals surface area contributed by atoms with Crippen molar-refractivity contribution in [2.24, 2.45) is 17.6 Å². The molecule has 6 aliphatic heterocycles. The Morgan fingerprint density at radius 3 is 2.32 bits per heavy atom. The topological polar surface area (TPSA) is 190 Å². The highest BCUT2D eigenvalue weighted by molar-refractivity contribution is 6.23. The van der Waals surface area contributed by atoms with Gasteiger partial charge >= 0.3 is 0 Å². The molecule has 3 aromatic rings. The number of piperidine rings is 3. The highest BCUT2D eigenvalue weighted by Crippen LogP contribution is 2.37. The fraction of sp³-hybridized carbons (Fsp3) is 0.463. The summed E-state index contributed by atoms with van der Waals surface area (Å²) < 4.78 is 0. The Morgan fingerprint density at radius 1 is 0.789 bits per heavy atom. The lowest BCUT2D eigenvalue weighted by atomic mass is 9.79. The van der Waals surface area contributed by atoms with Gasteiger partial charge in [-0.15, -0.1) is 0 Å². The normalized spacial score (nSPS) is 23.2. The smallest absolute Gasteiger partial charge is 0.271 e. The standard InChI is InChI=1S/C41H47N11O5/c1-24-6-10-32(39(55)45-24)52-40(56)30-9-8-28(18-31(30)41(52)57)48-16-12-25(13-17-48)26-21-50(22-26)33-11-7-27(19-43-33)46-38-36(37(42)54)44-20-34(47-38)49-14-2-4-29(23-49)51-15-3-5-35(51)53/h7-9,11,18-20,25-26,29,32H,1-6,10,12-17,21-23H2,(H2,42,54)(H,45,55)(H,46,47)/t29-,32?/m1/s1. The molecule has 9 rings (SSSR count). The van der Waals surface area contributed by atoms with Gasteiger partial charge < -0.3 is 36.0 Å². The van der Waals surface area contributed by atoms with Crippen LogP contribution in [-0.4, -0.2) is 112 Å². The quantitative estimate of drug-likeness (QED) is 0.270. The second kappa shape index (κ2) is 14.8. The van der Waals surface area contributed by atoms with Crippen molar-refractivity contribution < 1.29 is 24.0 Å². The SMILES string of the molecule is C=C1CCC(N2C(=O)c3ccc(N4CCC(C5CN(c6ccc(Nc7nc(N8CCC[C@@H](N9CCCC9=O)C8)cnc7C(N)=O)cn6)C5)CC4)cc3C2=O)C(=O)N1. The molecule has 0 bridgehead atoms. The van der Waals surface area contributed by atoms with E-state index in [2.05, 4.69) is 36.9 Å². The van der Waals surface area contributed by atoms with E-state index >= 15 is 0 Å². The molecule has 16 heteroatoms. The molecule has 2 aromatic heterocycles. The van der Waals surface area contributed by atoms with Crippen LogP contribution in [-0.2, 0) is 9.59 Å². The van der Waals surface area contributed by atoms with Gasteiger partial charge in [-0.05, 0) is 87.1 Å². The van der Waals surface area contributed by atoms with Gasteiger partial charge in [0, 0.05) is 69.7 Å². The molecule has 1 unspecified atom stereocenters. The Bertz CT molecular complexity index is 2150. The minimum atomic E-state index is -0.822. The lowest BCUT2D eigenvalue weighted by molar-refractivity contribution is -0.129. The van der Waals surface area contributed by atoms with Crippen molar-refractivity contribution in [2.45, 2.75) is 63.5 Å². The summed E-state index contributed by atoms with van der Waals surface area (Å²) in [6.45, 7) is 9.58. The molecule has 5 amide bonds. The first-order valence-electron chi connectivity index (χ1n) is 20.1. The summed E-state index contributed by atoms with van der Waals surface area (Å²) in [5, 5.41) is 5.90. The predicted octanol–water partition coefficient (Wildman–Crippen LogP) is 3.05. The summed E-state index contributed by atoms with van der Waals surface area (Å²) in [6.07, 6.45) is 9.66. The number of nitrogens with two attached hydrogens (primary N) is 1. The van der Waals surface area contributed by atoms with Crippen molar-refractivity contribution in [3.8, 4) is 0 Å². The van der Waals surface area contributed by atoms with E-state index in [0.29, 0.717) is 66.0 Å². The van der Waals surface area contributed by atoms with Crippen LogP contribution in [0.15, 0.2) is 55.0 Å². The van der Waals surface area contributed by atoms with Crippen LogP contribution in [0, 0.1) is 11.8 Å². The first-order valence-corrected chi connectivity index (χ1v) is 20.1. The Morgan fingerprint density at radius 2 is 1.60 bits per heavy atom. The number of fused-ring (bicyclic) bond motifs is 1. The van der Waals surface area contributed by atoms with Crippen LogP contribution in [0.3, 0.4) is 0 Å². The molecule has 16 nitrogen and oxygen atoms in total. The van der Waals surface area contributed by atoms with E-state index in [-0.39, 0.29) is 29.4 Å². The van der Waals surface area contributed by atoms with Gasteiger partial charge in [-0.3, -0.25) is 28.9 Å². The maximum atomic E-state index is 13.4. The van der Waals surface area contributed by atoms with Gasteiger partial charge in [-0.2, -0.15) is 0 Å². The van der Waals surface area contributed by atoms with Crippen molar-refractivity contribution in [3.05, 3.63) is 71.8 Å². The number of rotatable bonds is 9. The first-order chi connectivity index (χ1) is 27.6. The van der Waals surface area contributed by atoms with Crippen molar-refractivity contribution >= 4 is 58.4 Å². The number of carbonyl (C=O) groups excluding carboxylic acids is 5. The minimum absolute atomic E-state index is 0.0476. The van der Waals surface area contributed by atoms with Crippen LogP contribution < -0.4 is 31.1 Å². The highest BCUT2D eigenvalue weighted by Gasteiger charge is 2.44. The average Bonchev–Trinajstić information content (AvgIpc) is 3.74. The molecule has 4 N–H and O–H groups in total. The number of carbonyl (C=O) groups is 5. The second-order valence-electron chi connectivity index (χ2n) is 16.1. The Hall–Kier alpha value is -6.06. The summed E-state index contributed by atoms with van der Waals surface area (Å²) in [5.74, 6) is 1.23. The van der Waals surface area contributed by atoms with Crippen molar-refractivity contribution in [1.82, 2.24) is 30.1 Å². The van der Waals surface area contributed by atoms with Crippen molar-refractivity contribution in [1.29, 1.82) is 0 Å². The highest BCUT2D eigenvalue weighted by atomic mass is 16.2. The van der Waals surface area contributed by atoms with E-state index < -0.39 is 23.8 Å². The molecule has 5 fully saturated rings. The number of allylic oxidation sites excluding steroid dienone is 1. The molecule has 5 saturated heterocycles. The van der Waals surface area contributed by atoms with E-state index in [9.17, 15) is 24.0 Å². The van der Waals surface area contributed by atoms with Crippen LogP contribution in [0.4, 0.5) is 28.8 Å². The molecule has 0 spiro atoms. The maximum Gasteiger partial charge on any atom is 0.271 e. The minimum Gasteiger partial charge on any atom is -0.371 e. The van der Waals surface area contributed by atoms with Crippen LogP contribution in [0.25, 0.3) is 0 Å². The molecule has 8 heterocycles. The lowest BCUT2D eigenvalue weighted by Crippen LogP contribution is -2.52. The van der Waals surface area contributed by atoms with E-state index in [0.717, 1.165) is 87.8 Å². The zero-order valence-electron chi connectivity index (χ0n) is 31.9. The fourth-order valence-electron chi connectivity index (χ4n) is 9.42. The molecule has 296 valence electrons. The molecule has 0 saturated carbocycles. The maximum absolute atomic E-state index is 13.4. The average molecular weight is 774 g/mol. The molecular formula is C41H47N11O5. The third-order valence-corrected chi connectivity index (χ3v) is 12.6. The van der Waals surface area contributed by atoms with Crippen LogP contribution in [0.5, 0.6) is 0 Å². The van der Waals surface area contributed by atoms with E-state index in [1.54, 1.807) is 18.5 Å². The Balaban J connectivity index is 0.782. The van der Waals surface area contributed by atoms with Crippen LogP contribution >= 0.6 is 0 Å². The number of benzene rings is 1. The van der Waals surface area contributed by atoms with Gasteiger partial charge in [-0.25, -0.2) is 15.0 Å². The number of hydrogen-bond acceptors (Lipinski definition) is 12. The van der Waals surface area contributed by atoms with Crippen molar-refractivity contribution in [3.63, 3.8) is 0 Å². The summed E-state index contributed by atoms with van der Waals surface area (Å²) in [4.78, 5) is 87.5. The van der Waals surface area contributed by atoms with Gasteiger partial charge in [0.2, 0.25) is 11.8 Å². The summed E-state index contributed by atoms with van der Waals surface area (Å²) in [5.41, 5.74) is 8.61. The van der Waals surface area contributed by atoms with E-state index in [4.69, 9.17) is 15.7 Å². The molecule has 2 atom stereocenters. The van der Waals surface area contributed by atoms with Gasteiger partial charge in [0.15, 0.2) is 11.5 Å². The first kappa shape index (κ1) is 36.6. The van der Waals surface area contributed by atoms with Crippen molar-refractivity contribution in [2.75, 3.05) is 65.8 Å². The summed E-state index contributed by atoms with van der Waals surface area (Å²) in [6, 6.07) is 8.64. The van der Waals surface area contributed by atoms with Crippen LogP contribution in [0.2, 0.25) is 0 Å². The lowest BCUT2D eigenvalue weighted by Gasteiger charge is -2.47. The van der Waals surface area contributed by atoms with E-state index in [1.165, 1.54) is 0 Å². The Kier molecular flexibility index (Phi) is 9.49. The number of likely N-dealkylation sites (tertiary alicyclic amines) is 1. The summed E-state index contributed by atoms with van der Waals surface area (Å²) >= 11 is 0. The largest absolute Gasteiger partial charge is 0.371 e. The number of primary amides is 1. The number of nitrogens with zero attached hydrogens (tertiary/aromatic N) is 8. The van der Waals surface area contributed by atoms with Crippen LogP contribution in [0.1, 0.15) is 82.6 Å². The zero-order valence-corrected chi connectivity index (χ0v) is 31.9. The molecular weight excluding hydrogens is 727 g/mol. The number of anilines is 5. The Labute approximate surface area is 330 Å². The van der Waals surface area contributed by atoms with Gasteiger partial charge in [0.25, 0.3) is 17.7 Å². The number of nitrogens with one attached hydrogen (secondary N) is 2. The van der Waals surface area contributed by atoms with Gasteiger partial charge in [-0.1, -0.05) is 6.58 Å². The summed E-state index contributed by atoms with van der Waals surface area (Å²) in [7, 11) is 0. The van der Waals surface area contributed by atoms with Gasteiger partial charge in [0.1, 0.15) is 17.7 Å². The molecule has 0 aliphatic carbocycles. The number of imide groups is 1. The number of amides is 5. The number of hydrogen-bond donors (Lipinski definition) is 3. The number of pyridine rings is 1. The van der Waals surface area contributed by atoms with Gasteiger partial charge in [0.05, 0.1) is 29.2 Å². The fourth-order valence-corrected chi connectivity index (χ4v) is 9.42. The molecule has 57 heavy (non-hydrogen) atoms. The van der Waals surface area contributed by atoms with E-state index in [1.807, 2.05) is 29.2 Å². The monoisotopic (exact) mass is 773 g/mol. The second-order valence-corrected chi connectivity index (χ2v) is 16.1. The zero-order chi connectivity index (χ0) is 39.4. The predicted molar refractivity (Wildman–Crippen MR) is 212 cm³/mol. The molecule has 1 aromatic carbocycles. The molecule has 0 radical (unpaired) electrons. The number of aromatic nitrogens is 3. The third kappa shape index (κ3) is 6.90. The third-order valence-electron chi connectivity index (χ3n) is 12.6.